The van der Waals surface area contributed by atoms with E-state index in [2.05, 4.69) is 45.6 Å². The van der Waals surface area contributed by atoms with Crippen LogP contribution >= 0.6 is 0 Å². The van der Waals surface area contributed by atoms with E-state index in [1.807, 2.05) is 48.5 Å². The van der Waals surface area contributed by atoms with Gasteiger partial charge >= 0.3 is 0 Å². The third-order valence-electron chi connectivity index (χ3n) is 4.54. The Kier molecular flexibility index (Phi) is 5.33. The van der Waals surface area contributed by atoms with Crippen molar-refractivity contribution in [3.8, 4) is 22.5 Å². The fraction of sp³-hybridized carbons (Fsp3) is 0.130. The van der Waals surface area contributed by atoms with Gasteiger partial charge in [0.15, 0.2) is 11.5 Å². The Labute approximate surface area is 163 Å². The van der Waals surface area contributed by atoms with Crippen LogP contribution in [-0.4, -0.2) is 22.2 Å². The number of carbonyl (C=O) groups is 1. The third kappa shape index (κ3) is 4.20. The summed E-state index contributed by atoms with van der Waals surface area (Å²) in [5, 5.41) is 6.77. The predicted octanol–water partition coefficient (Wildman–Crippen LogP) is 4.63. The summed E-state index contributed by atoms with van der Waals surface area (Å²) < 4.78 is 7.41. The molecular weight excluding hydrogens is 350 g/mol. The Morgan fingerprint density at radius 3 is 2.39 bits per heavy atom. The van der Waals surface area contributed by atoms with E-state index < -0.39 is 0 Å². The van der Waals surface area contributed by atoms with Crippen LogP contribution in [0.15, 0.2) is 89.7 Å². The number of rotatable bonds is 7. The molecule has 0 aliphatic rings. The topological polar surface area (TPSA) is 60.1 Å². The normalized spacial score (nSPS) is 10.7. The average molecular weight is 371 g/mol. The lowest BCUT2D eigenvalue weighted by molar-refractivity contribution is 0.0944. The molecule has 0 saturated carbocycles. The molecule has 4 rings (SSSR count). The summed E-state index contributed by atoms with van der Waals surface area (Å²) in [6.45, 7) is 1.41. The number of amides is 1. The molecule has 0 aliphatic heterocycles. The van der Waals surface area contributed by atoms with Crippen LogP contribution in [-0.2, 0) is 6.54 Å². The van der Waals surface area contributed by atoms with Crippen molar-refractivity contribution in [1.82, 2.24) is 15.0 Å². The van der Waals surface area contributed by atoms with Gasteiger partial charge in [-0.15, -0.1) is 0 Å². The molecule has 0 saturated heterocycles. The first-order chi connectivity index (χ1) is 13.8. The SMILES string of the molecule is O=C(NCCCn1ccc(-c2ccccc2)c1)c1cc(-c2ccccc2)on1. The van der Waals surface area contributed by atoms with Gasteiger partial charge in [0.2, 0.25) is 0 Å². The highest BCUT2D eigenvalue weighted by atomic mass is 16.5. The first-order valence-corrected chi connectivity index (χ1v) is 9.31. The Morgan fingerprint density at radius 2 is 1.64 bits per heavy atom. The zero-order valence-corrected chi connectivity index (χ0v) is 15.4. The predicted molar refractivity (Wildman–Crippen MR) is 109 cm³/mol. The van der Waals surface area contributed by atoms with Crippen LogP contribution in [0.2, 0.25) is 0 Å². The van der Waals surface area contributed by atoms with E-state index in [1.165, 1.54) is 11.1 Å². The fourth-order valence-electron chi connectivity index (χ4n) is 3.06. The zero-order valence-electron chi connectivity index (χ0n) is 15.4. The Morgan fingerprint density at radius 1 is 0.929 bits per heavy atom. The van der Waals surface area contributed by atoms with Crippen molar-refractivity contribution in [2.45, 2.75) is 13.0 Å². The fourth-order valence-corrected chi connectivity index (χ4v) is 3.06. The monoisotopic (exact) mass is 371 g/mol. The molecule has 0 unspecified atom stereocenters. The highest BCUT2D eigenvalue weighted by Gasteiger charge is 2.13. The maximum atomic E-state index is 12.2. The summed E-state index contributed by atoms with van der Waals surface area (Å²) in [5.74, 6) is 0.370. The van der Waals surface area contributed by atoms with Crippen molar-refractivity contribution in [1.29, 1.82) is 0 Å². The van der Waals surface area contributed by atoms with Crippen molar-refractivity contribution in [2.24, 2.45) is 0 Å². The number of aromatic nitrogens is 2. The Bertz CT molecular complexity index is 1040. The molecule has 0 fully saturated rings. The first kappa shape index (κ1) is 17.8. The number of carbonyl (C=O) groups excluding carboxylic acids is 1. The molecule has 1 amide bonds. The lowest BCUT2D eigenvalue weighted by Gasteiger charge is -2.04. The highest BCUT2D eigenvalue weighted by Crippen LogP contribution is 2.20. The second-order valence-electron chi connectivity index (χ2n) is 6.56. The van der Waals surface area contributed by atoms with Gasteiger partial charge in [-0.05, 0) is 23.6 Å². The van der Waals surface area contributed by atoms with Crippen LogP contribution in [0.5, 0.6) is 0 Å². The minimum absolute atomic E-state index is 0.219. The lowest BCUT2D eigenvalue weighted by atomic mass is 10.1. The molecule has 2 aromatic heterocycles. The maximum Gasteiger partial charge on any atom is 0.273 e. The molecular formula is C23H21N3O2. The van der Waals surface area contributed by atoms with Crippen molar-refractivity contribution >= 4 is 5.91 Å². The largest absolute Gasteiger partial charge is 0.355 e. The molecule has 2 heterocycles. The summed E-state index contributed by atoms with van der Waals surface area (Å²) in [6.07, 6.45) is 5.02. The summed E-state index contributed by atoms with van der Waals surface area (Å²) in [4.78, 5) is 12.2. The number of hydrogen-bond donors (Lipinski definition) is 1. The number of hydrogen-bond acceptors (Lipinski definition) is 3. The molecule has 0 spiro atoms. The van der Waals surface area contributed by atoms with Crippen LogP contribution < -0.4 is 5.32 Å². The van der Waals surface area contributed by atoms with Crippen molar-refractivity contribution in [2.75, 3.05) is 6.54 Å². The molecule has 1 N–H and O–H groups in total. The van der Waals surface area contributed by atoms with Crippen LogP contribution in [0.4, 0.5) is 0 Å². The molecule has 4 aromatic rings. The van der Waals surface area contributed by atoms with E-state index >= 15 is 0 Å². The smallest absolute Gasteiger partial charge is 0.273 e. The van der Waals surface area contributed by atoms with Crippen LogP contribution in [0.1, 0.15) is 16.9 Å². The lowest BCUT2D eigenvalue weighted by Crippen LogP contribution is -2.25. The number of nitrogens with zero attached hydrogens (tertiary/aromatic N) is 2. The Balaban J connectivity index is 1.26. The number of aryl methyl sites for hydroxylation is 1. The summed E-state index contributed by atoms with van der Waals surface area (Å²) in [7, 11) is 0. The average Bonchev–Trinajstić information content (AvgIpc) is 3.42. The van der Waals surface area contributed by atoms with E-state index in [1.54, 1.807) is 6.07 Å². The summed E-state index contributed by atoms with van der Waals surface area (Å²) in [5.41, 5.74) is 3.59. The molecule has 0 bridgehead atoms. The van der Waals surface area contributed by atoms with Crippen LogP contribution in [0.3, 0.4) is 0 Å². The highest BCUT2D eigenvalue weighted by molar-refractivity contribution is 5.93. The molecule has 0 aliphatic carbocycles. The Hall–Kier alpha value is -3.60. The minimum atomic E-state index is -0.219. The van der Waals surface area contributed by atoms with Crippen molar-refractivity contribution < 1.29 is 9.32 Å². The third-order valence-corrected chi connectivity index (χ3v) is 4.54. The van der Waals surface area contributed by atoms with Gasteiger partial charge in [-0.1, -0.05) is 65.8 Å². The van der Waals surface area contributed by atoms with E-state index in [9.17, 15) is 4.79 Å². The van der Waals surface area contributed by atoms with Gasteiger partial charge < -0.3 is 14.4 Å². The van der Waals surface area contributed by atoms with Crippen molar-refractivity contribution in [3.63, 3.8) is 0 Å². The van der Waals surface area contributed by atoms with Gasteiger partial charge in [-0.25, -0.2) is 0 Å². The van der Waals surface area contributed by atoms with E-state index in [4.69, 9.17) is 4.52 Å². The molecule has 5 heteroatoms. The molecule has 5 nitrogen and oxygen atoms in total. The number of nitrogens with one attached hydrogen (secondary N) is 1. The quantitative estimate of drug-likeness (QED) is 0.482. The molecule has 0 radical (unpaired) electrons. The molecule has 2 aromatic carbocycles. The minimum Gasteiger partial charge on any atom is -0.355 e. The molecule has 140 valence electrons. The maximum absolute atomic E-state index is 12.2. The summed E-state index contributed by atoms with van der Waals surface area (Å²) >= 11 is 0. The van der Waals surface area contributed by atoms with Crippen LogP contribution in [0, 0.1) is 0 Å². The van der Waals surface area contributed by atoms with Gasteiger partial charge in [0.1, 0.15) is 0 Å². The zero-order chi connectivity index (χ0) is 19.2. The standard InChI is InChI=1S/C23H21N3O2/c27-23(21-16-22(28-25-21)19-10-5-2-6-11-19)24-13-7-14-26-15-12-20(17-26)18-8-3-1-4-9-18/h1-6,8-12,15-17H,7,13-14H2,(H,24,27). The van der Waals surface area contributed by atoms with Gasteiger partial charge in [0.25, 0.3) is 5.91 Å². The molecule has 28 heavy (non-hydrogen) atoms. The van der Waals surface area contributed by atoms with Crippen molar-refractivity contribution in [3.05, 3.63) is 90.9 Å². The van der Waals surface area contributed by atoms with Gasteiger partial charge in [0.05, 0.1) is 0 Å². The van der Waals surface area contributed by atoms with Crippen LogP contribution in [0.25, 0.3) is 22.5 Å². The van der Waals surface area contributed by atoms with E-state index in [-0.39, 0.29) is 5.91 Å². The second-order valence-corrected chi connectivity index (χ2v) is 6.56. The summed E-state index contributed by atoms with van der Waals surface area (Å²) in [6, 6.07) is 23.7. The first-order valence-electron chi connectivity index (χ1n) is 9.31. The van der Waals surface area contributed by atoms with Gasteiger partial charge in [-0.2, -0.15) is 0 Å². The molecule has 0 atom stereocenters. The van der Waals surface area contributed by atoms with E-state index in [0.29, 0.717) is 18.0 Å². The van der Waals surface area contributed by atoms with Gasteiger partial charge in [-0.3, -0.25) is 4.79 Å². The van der Waals surface area contributed by atoms with E-state index in [0.717, 1.165) is 18.5 Å². The number of benzene rings is 2. The van der Waals surface area contributed by atoms with Gasteiger partial charge in [0, 0.05) is 37.1 Å². The second kappa shape index (κ2) is 8.39.